The first kappa shape index (κ1) is 25.9. The number of amides is 3. The van der Waals surface area contributed by atoms with Gasteiger partial charge in [0.25, 0.3) is 0 Å². The fourth-order valence-corrected chi connectivity index (χ4v) is 4.68. The fourth-order valence-electron chi connectivity index (χ4n) is 4.68. The van der Waals surface area contributed by atoms with Gasteiger partial charge in [-0.25, -0.2) is 9.59 Å². The van der Waals surface area contributed by atoms with Crippen molar-refractivity contribution in [3.05, 3.63) is 17.7 Å². The standard InChI is InChI=1S/C26H38N4O6/c1-16-12-27-19-10-17-13-29-18(14-28(15-22(29)31)23(32)35-25(2,3)4)8-9-34-21(17)11-20(19)30(16)24(33)36-26(5,6)7/h10-11,16,18,27H,8-9,12-15H2,1-7H3/t16?,18-/m0/s1. The molecule has 0 saturated carbocycles. The quantitative estimate of drug-likeness (QED) is 0.573. The van der Waals surface area contributed by atoms with Gasteiger partial charge in [-0.15, -0.1) is 0 Å². The van der Waals surface area contributed by atoms with Crippen molar-refractivity contribution in [1.82, 2.24) is 9.80 Å². The maximum Gasteiger partial charge on any atom is 0.415 e. The third kappa shape index (κ3) is 5.63. The summed E-state index contributed by atoms with van der Waals surface area (Å²) in [5.41, 5.74) is 1.09. The first-order chi connectivity index (χ1) is 16.7. The number of benzene rings is 1. The number of rotatable bonds is 0. The number of carbonyl (C=O) groups is 3. The van der Waals surface area contributed by atoms with E-state index in [1.807, 2.05) is 65.5 Å². The molecular formula is C26H38N4O6. The van der Waals surface area contributed by atoms with E-state index >= 15 is 0 Å². The van der Waals surface area contributed by atoms with Crippen molar-refractivity contribution in [2.75, 3.05) is 36.5 Å². The average Bonchev–Trinajstić information content (AvgIpc) is 2.71. The molecule has 3 aliphatic rings. The first-order valence-electron chi connectivity index (χ1n) is 12.5. The van der Waals surface area contributed by atoms with Crippen LogP contribution in [-0.2, 0) is 20.8 Å². The summed E-state index contributed by atoms with van der Waals surface area (Å²) in [6.07, 6.45) is -0.308. The Bertz CT molecular complexity index is 1040. The highest BCUT2D eigenvalue weighted by atomic mass is 16.6. The van der Waals surface area contributed by atoms with Crippen molar-refractivity contribution < 1.29 is 28.6 Å². The van der Waals surface area contributed by atoms with Crippen molar-refractivity contribution in [3.8, 4) is 5.75 Å². The van der Waals surface area contributed by atoms with Crippen molar-refractivity contribution >= 4 is 29.5 Å². The van der Waals surface area contributed by atoms with Crippen molar-refractivity contribution in [3.63, 3.8) is 0 Å². The molecular weight excluding hydrogens is 464 g/mol. The molecule has 198 valence electrons. The Morgan fingerprint density at radius 1 is 1.03 bits per heavy atom. The van der Waals surface area contributed by atoms with Crippen LogP contribution in [0.3, 0.4) is 0 Å². The van der Waals surface area contributed by atoms with Crippen LogP contribution in [0.2, 0.25) is 0 Å². The lowest BCUT2D eigenvalue weighted by Gasteiger charge is -2.43. The van der Waals surface area contributed by atoms with E-state index in [0.717, 1.165) is 11.3 Å². The highest BCUT2D eigenvalue weighted by Crippen LogP contribution is 2.40. The van der Waals surface area contributed by atoms with E-state index in [9.17, 15) is 14.4 Å². The Kier molecular flexibility index (Phi) is 6.74. The lowest BCUT2D eigenvalue weighted by atomic mass is 10.0. The van der Waals surface area contributed by atoms with Crippen molar-refractivity contribution in [2.45, 2.75) is 84.7 Å². The lowest BCUT2D eigenvalue weighted by molar-refractivity contribution is -0.141. The van der Waals surface area contributed by atoms with Crippen LogP contribution < -0.4 is 15.0 Å². The average molecular weight is 503 g/mol. The van der Waals surface area contributed by atoms with Crippen molar-refractivity contribution in [1.29, 1.82) is 0 Å². The Labute approximate surface area is 212 Å². The zero-order valence-electron chi connectivity index (χ0n) is 22.3. The maximum absolute atomic E-state index is 13.1. The lowest BCUT2D eigenvalue weighted by Crippen LogP contribution is -2.58. The van der Waals surface area contributed by atoms with E-state index in [-0.39, 0.29) is 24.5 Å². The largest absolute Gasteiger partial charge is 0.493 e. The molecule has 1 fully saturated rings. The van der Waals surface area contributed by atoms with Gasteiger partial charge in [-0.1, -0.05) is 0 Å². The summed E-state index contributed by atoms with van der Waals surface area (Å²) in [7, 11) is 0. The Morgan fingerprint density at radius 2 is 1.69 bits per heavy atom. The molecule has 0 aromatic heterocycles. The van der Waals surface area contributed by atoms with Crippen molar-refractivity contribution in [2.24, 2.45) is 0 Å². The van der Waals surface area contributed by atoms with Gasteiger partial charge in [-0.3, -0.25) is 14.6 Å². The molecule has 1 unspecified atom stereocenters. The molecule has 1 aromatic carbocycles. The normalized spacial score (nSPS) is 22.2. The molecule has 4 rings (SSSR count). The minimum atomic E-state index is -0.628. The number of piperazine rings is 1. The predicted octanol–water partition coefficient (Wildman–Crippen LogP) is 3.97. The Balaban J connectivity index is 1.58. The molecule has 1 aromatic rings. The zero-order chi connectivity index (χ0) is 26.4. The number of nitrogens with one attached hydrogen (secondary N) is 1. The number of carbonyl (C=O) groups excluding carboxylic acids is 3. The van der Waals surface area contributed by atoms with Crippen LogP contribution in [0, 0.1) is 0 Å². The number of hydrogen-bond donors (Lipinski definition) is 1. The van der Waals surface area contributed by atoms with Gasteiger partial charge in [0.15, 0.2) is 0 Å². The van der Waals surface area contributed by atoms with Gasteiger partial charge >= 0.3 is 12.2 Å². The third-order valence-corrected chi connectivity index (χ3v) is 6.28. The van der Waals surface area contributed by atoms with E-state index in [2.05, 4.69) is 5.32 Å². The van der Waals surface area contributed by atoms with Gasteiger partial charge in [-0.05, 0) is 54.5 Å². The number of fused-ring (bicyclic) bond motifs is 3. The van der Waals surface area contributed by atoms with Crippen LogP contribution in [-0.4, -0.2) is 77.4 Å². The van der Waals surface area contributed by atoms with Crippen LogP contribution in [0.1, 0.15) is 60.5 Å². The molecule has 0 bridgehead atoms. The van der Waals surface area contributed by atoms with Gasteiger partial charge in [0.05, 0.1) is 30.1 Å². The minimum Gasteiger partial charge on any atom is -0.493 e. The summed E-state index contributed by atoms with van der Waals surface area (Å²) in [5.74, 6) is 0.513. The molecule has 3 aliphatic heterocycles. The van der Waals surface area contributed by atoms with E-state index < -0.39 is 23.4 Å². The number of anilines is 2. The third-order valence-electron chi connectivity index (χ3n) is 6.28. The zero-order valence-corrected chi connectivity index (χ0v) is 22.3. The summed E-state index contributed by atoms with van der Waals surface area (Å²) >= 11 is 0. The Morgan fingerprint density at radius 3 is 2.36 bits per heavy atom. The summed E-state index contributed by atoms with van der Waals surface area (Å²) < 4.78 is 17.3. The molecule has 0 aliphatic carbocycles. The second-order valence-electron chi connectivity index (χ2n) is 11.7. The molecule has 2 atom stereocenters. The van der Waals surface area contributed by atoms with Gasteiger partial charge in [0, 0.05) is 37.7 Å². The molecule has 0 radical (unpaired) electrons. The van der Waals surface area contributed by atoms with Crippen LogP contribution in [0.25, 0.3) is 0 Å². The van der Waals surface area contributed by atoms with Gasteiger partial charge in [0.1, 0.15) is 23.5 Å². The number of nitrogens with zero attached hydrogens (tertiary/aromatic N) is 3. The van der Waals surface area contributed by atoms with Gasteiger partial charge in [-0.2, -0.15) is 0 Å². The molecule has 0 spiro atoms. The monoisotopic (exact) mass is 502 g/mol. The second-order valence-corrected chi connectivity index (χ2v) is 11.7. The molecule has 3 amide bonds. The summed E-state index contributed by atoms with van der Waals surface area (Å²) in [4.78, 5) is 43.7. The Hall–Kier alpha value is -3.17. The van der Waals surface area contributed by atoms with E-state index in [4.69, 9.17) is 14.2 Å². The SMILES string of the molecule is CC1CNc2cc3c(cc2N1C(=O)OC(C)(C)C)OCC[C@H]1CN(C(=O)OC(C)(C)C)CC(=O)N1C3. The van der Waals surface area contributed by atoms with Crippen LogP contribution in [0.15, 0.2) is 12.1 Å². The van der Waals surface area contributed by atoms with Gasteiger partial charge < -0.3 is 24.4 Å². The predicted molar refractivity (Wildman–Crippen MR) is 135 cm³/mol. The molecule has 10 heteroatoms. The molecule has 1 saturated heterocycles. The van der Waals surface area contributed by atoms with Gasteiger partial charge in [0.2, 0.25) is 5.91 Å². The first-order valence-corrected chi connectivity index (χ1v) is 12.5. The molecule has 36 heavy (non-hydrogen) atoms. The van der Waals surface area contributed by atoms with E-state index in [1.165, 1.54) is 4.90 Å². The minimum absolute atomic E-state index is 0.0191. The highest BCUT2D eigenvalue weighted by molar-refractivity contribution is 5.95. The van der Waals surface area contributed by atoms with Crippen LogP contribution in [0.5, 0.6) is 5.75 Å². The second kappa shape index (κ2) is 9.37. The highest BCUT2D eigenvalue weighted by Gasteiger charge is 2.39. The fraction of sp³-hybridized carbons (Fsp3) is 0.654. The maximum atomic E-state index is 13.1. The summed E-state index contributed by atoms with van der Waals surface area (Å²) in [5, 5.41) is 3.40. The van der Waals surface area contributed by atoms with Crippen LogP contribution in [0.4, 0.5) is 21.0 Å². The van der Waals surface area contributed by atoms with Crippen LogP contribution >= 0.6 is 0 Å². The molecule has 10 nitrogen and oxygen atoms in total. The van der Waals surface area contributed by atoms with E-state index in [1.54, 1.807) is 4.90 Å². The van der Waals surface area contributed by atoms with E-state index in [0.29, 0.717) is 44.1 Å². The smallest absolute Gasteiger partial charge is 0.415 e. The summed E-state index contributed by atoms with van der Waals surface area (Å²) in [6.45, 7) is 14.6. The number of ether oxygens (including phenoxy) is 3. The topological polar surface area (TPSA) is 101 Å². The molecule has 1 N–H and O–H groups in total. The number of hydrogen-bond acceptors (Lipinski definition) is 7. The summed E-state index contributed by atoms with van der Waals surface area (Å²) in [6, 6.07) is 3.53. The molecule has 3 heterocycles.